The van der Waals surface area contributed by atoms with Gasteiger partial charge in [-0.15, -0.1) is 0 Å². The number of anilines is 1. The summed E-state index contributed by atoms with van der Waals surface area (Å²) in [4.78, 5) is 32.6. The number of pyridine rings is 2. The molecule has 2 N–H and O–H groups in total. The average Bonchev–Trinajstić information content (AvgIpc) is 2.46. The third kappa shape index (κ3) is 2.19. The second kappa shape index (κ2) is 4.86. The van der Waals surface area contributed by atoms with Crippen LogP contribution in [-0.4, -0.2) is 46.6 Å². The summed E-state index contributed by atoms with van der Waals surface area (Å²) in [6.45, 7) is 1.58. The minimum Gasteiger partial charge on any atom is -0.478 e. The Labute approximate surface area is 114 Å². The van der Waals surface area contributed by atoms with Gasteiger partial charge < -0.3 is 10.4 Å². The molecule has 2 aromatic heterocycles. The molecule has 1 amide bonds. The predicted octanol–water partition coefficient (Wildman–Crippen LogP) is 0.264. The van der Waals surface area contributed by atoms with Crippen LogP contribution in [0, 0.1) is 0 Å². The summed E-state index contributed by atoms with van der Waals surface area (Å²) in [6, 6.07) is 4.95. The molecule has 20 heavy (non-hydrogen) atoms. The molecule has 1 saturated heterocycles. The Morgan fingerprint density at radius 2 is 2.25 bits per heavy atom. The number of aromatic nitrogens is 2. The lowest BCUT2D eigenvalue weighted by Gasteiger charge is -2.26. The monoisotopic (exact) mass is 272 g/mol. The van der Waals surface area contributed by atoms with E-state index >= 15 is 0 Å². The van der Waals surface area contributed by atoms with Crippen LogP contribution in [0.25, 0.3) is 11.0 Å². The number of carboxylic acids is 1. The highest BCUT2D eigenvalue weighted by molar-refractivity contribution is 5.96. The summed E-state index contributed by atoms with van der Waals surface area (Å²) in [7, 11) is 0. The molecule has 7 nitrogen and oxygen atoms in total. The van der Waals surface area contributed by atoms with Crippen LogP contribution >= 0.6 is 0 Å². The zero-order valence-corrected chi connectivity index (χ0v) is 10.5. The van der Waals surface area contributed by atoms with Crippen molar-refractivity contribution >= 4 is 28.7 Å². The standard InChI is InChI=1S/C13H12N4O3/c18-11-7-14-3-4-17(11)10-2-1-8-5-9(13(19)20)6-15-12(8)16-10/h1-2,5-6,14H,3-4,7H2,(H,19,20). The number of hydrogen-bond donors (Lipinski definition) is 2. The van der Waals surface area contributed by atoms with E-state index < -0.39 is 5.97 Å². The van der Waals surface area contributed by atoms with Gasteiger partial charge in [-0.25, -0.2) is 14.8 Å². The van der Waals surface area contributed by atoms with E-state index in [1.807, 2.05) is 0 Å². The maximum absolute atomic E-state index is 11.8. The highest BCUT2D eigenvalue weighted by Crippen LogP contribution is 2.18. The van der Waals surface area contributed by atoms with Crippen molar-refractivity contribution in [3.8, 4) is 0 Å². The second-order valence-electron chi connectivity index (χ2n) is 4.47. The Kier molecular flexibility index (Phi) is 3.03. The number of hydrogen-bond acceptors (Lipinski definition) is 5. The number of aromatic carboxylic acids is 1. The van der Waals surface area contributed by atoms with Gasteiger partial charge in [0.15, 0.2) is 5.65 Å². The molecule has 0 saturated carbocycles. The Morgan fingerprint density at radius 3 is 3.00 bits per heavy atom. The molecule has 1 aliphatic heterocycles. The molecular formula is C13H12N4O3. The molecule has 0 bridgehead atoms. The summed E-state index contributed by atoms with van der Waals surface area (Å²) >= 11 is 0. The van der Waals surface area contributed by atoms with Gasteiger partial charge in [-0.3, -0.25) is 9.69 Å². The highest BCUT2D eigenvalue weighted by atomic mass is 16.4. The minimum absolute atomic E-state index is 0.0368. The van der Waals surface area contributed by atoms with Crippen LogP contribution in [0.15, 0.2) is 24.4 Å². The van der Waals surface area contributed by atoms with Crippen molar-refractivity contribution < 1.29 is 14.7 Å². The Hall–Kier alpha value is -2.54. The van der Waals surface area contributed by atoms with Crippen LogP contribution in [0.3, 0.4) is 0 Å². The molecule has 0 atom stereocenters. The van der Waals surface area contributed by atoms with Crippen LogP contribution in [0.1, 0.15) is 10.4 Å². The molecule has 0 aromatic carbocycles. The summed E-state index contributed by atoms with van der Waals surface area (Å²) in [5.41, 5.74) is 0.545. The predicted molar refractivity (Wildman–Crippen MR) is 71.7 cm³/mol. The van der Waals surface area contributed by atoms with Gasteiger partial charge in [0.1, 0.15) is 5.82 Å². The summed E-state index contributed by atoms with van der Waals surface area (Å²) in [6.07, 6.45) is 1.26. The first-order valence-electron chi connectivity index (χ1n) is 6.16. The first-order valence-corrected chi connectivity index (χ1v) is 6.16. The lowest BCUT2D eigenvalue weighted by atomic mass is 10.2. The minimum atomic E-state index is -1.03. The van der Waals surface area contributed by atoms with Gasteiger partial charge >= 0.3 is 5.97 Å². The molecule has 1 fully saturated rings. The van der Waals surface area contributed by atoms with Crippen molar-refractivity contribution in [2.75, 3.05) is 24.5 Å². The van der Waals surface area contributed by atoms with Gasteiger partial charge in [0.25, 0.3) is 0 Å². The van der Waals surface area contributed by atoms with E-state index in [-0.39, 0.29) is 11.5 Å². The number of piperazine rings is 1. The fourth-order valence-electron chi connectivity index (χ4n) is 2.12. The third-order valence-electron chi connectivity index (χ3n) is 3.14. The normalized spacial score (nSPS) is 15.6. The maximum Gasteiger partial charge on any atom is 0.337 e. The quantitative estimate of drug-likeness (QED) is 0.814. The summed E-state index contributed by atoms with van der Waals surface area (Å²) in [5.74, 6) is -0.523. The van der Waals surface area contributed by atoms with Gasteiger partial charge in [-0.1, -0.05) is 0 Å². The van der Waals surface area contributed by atoms with Crippen LogP contribution in [0.5, 0.6) is 0 Å². The molecule has 0 radical (unpaired) electrons. The maximum atomic E-state index is 11.8. The topological polar surface area (TPSA) is 95.4 Å². The molecule has 2 aromatic rings. The van der Waals surface area contributed by atoms with E-state index in [1.54, 1.807) is 17.0 Å². The molecule has 0 aliphatic carbocycles. The van der Waals surface area contributed by atoms with Crippen LogP contribution in [0.2, 0.25) is 0 Å². The zero-order valence-electron chi connectivity index (χ0n) is 10.5. The molecule has 0 unspecified atom stereocenters. The van der Waals surface area contributed by atoms with Crippen molar-refractivity contribution in [3.05, 3.63) is 30.0 Å². The molecule has 1 aliphatic rings. The molecule has 102 valence electrons. The molecule has 7 heteroatoms. The second-order valence-corrected chi connectivity index (χ2v) is 4.47. The van der Waals surface area contributed by atoms with Crippen LogP contribution in [-0.2, 0) is 4.79 Å². The molecule has 0 spiro atoms. The zero-order chi connectivity index (χ0) is 14.1. The van der Waals surface area contributed by atoms with Gasteiger partial charge in [0, 0.05) is 24.7 Å². The van der Waals surface area contributed by atoms with Gasteiger partial charge in [0.05, 0.1) is 12.1 Å². The number of amides is 1. The summed E-state index contributed by atoms with van der Waals surface area (Å²) < 4.78 is 0. The largest absolute Gasteiger partial charge is 0.478 e. The van der Waals surface area contributed by atoms with Crippen molar-refractivity contribution in [1.29, 1.82) is 0 Å². The lowest BCUT2D eigenvalue weighted by molar-refractivity contribution is -0.118. The summed E-state index contributed by atoms with van der Waals surface area (Å²) in [5, 5.41) is 12.5. The Morgan fingerprint density at radius 1 is 1.40 bits per heavy atom. The van der Waals surface area contributed by atoms with E-state index in [1.165, 1.54) is 12.3 Å². The first kappa shape index (κ1) is 12.5. The number of carboxylic acid groups (broad SMARTS) is 1. The van der Waals surface area contributed by atoms with Crippen molar-refractivity contribution in [2.24, 2.45) is 0 Å². The smallest absolute Gasteiger partial charge is 0.337 e. The Balaban J connectivity index is 2.00. The van der Waals surface area contributed by atoms with Gasteiger partial charge in [0.2, 0.25) is 5.91 Å². The van der Waals surface area contributed by atoms with E-state index in [9.17, 15) is 9.59 Å². The number of fused-ring (bicyclic) bond motifs is 1. The molecule has 3 rings (SSSR count). The van der Waals surface area contributed by atoms with Crippen molar-refractivity contribution in [1.82, 2.24) is 15.3 Å². The molecule has 3 heterocycles. The number of carbonyl (C=O) groups excluding carboxylic acids is 1. The Bertz CT molecular complexity index is 701. The van der Waals surface area contributed by atoms with Crippen LogP contribution < -0.4 is 10.2 Å². The van der Waals surface area contributed by atoms with Crippen molar-refractivity contribution in [2.45, 2.75) is 0 Å². The number of nitrogens with zero attached hydrogens (tertiary/aromatic N) is 3. The SMILES string of the molecule is O=C(O)c1cnc2nc(N3CCNCC3=O)ccc2c1. The number of carbonyl (C=O) groups is 2. The van der Waals surface area contributed by atoms with Crippen LogP contribution in [0.4, 0.5) is 5.82 Å². The van der Waals surface area contributed by atoms with Gasteiger partial charge in [-0.05, 0) is 18.2 Å². The average molecular weight is 272 g/mol. The van der Waals surface area contributed by atoms with E-state index in [0.29, 0.717) is 29.9 Å². The van der Waals surface area contributed by atoms with E-state index in [0.717, 1.165) is 6.54 Å². The number of nitrogens with one attached hydrogen (secondary N) is 1. The van der Waals surface area contributed by atoms with E-state index in [2.05, 4.69) is 15.3 Å². The van der Waals surface area contributed by atoms with Gasteiger partial charge in [-0.2, -0.15) is 0 Å². The highest BCUT2D eigenvalue weighted by Gasteiger charge is 2.20. The third-order valence-corrected chi connectivity index (χ3v) is 3.14. The fourth-order valence-corrected chi connectivity index (χ4v) is 2.12. The molecular weight excluding hydrogens is 260 g/mol. The van der Waals surface area contributed by atoms with E-state index in [4.69, 9.17) is 5.11 Å². The van der Waals surface area contributed by atoms with Crippen molar-refractivity contribution in [3.63, 3.8) is 0 Å². The fraction of sp³-hybridized carbons (Fsp3) is 0.231. The number of rotatable bonds is 2. The lowest BCUT2D eigenvalue weighted by Crippen LogP contribution is -2.48. The first-order chi connectivity index (χ1) is 9.65.